The van der Waals surface area contributed by atoms with E-state index < -0.39 is 11.4 Å². The van der Waals surface area contributed by atoms with Crippen LogP contribution in [-0.2, 0) is 14.3 Å². The van der Waals surface area contributed by atoms with Crippen molar-refractivity contribution in [3.8, 4) is 0 Å². The van der Waals surface area contributed by atoms with Crippen molar-refractivity contribution in [1.29, 1.82) is 0 Å². The summed E-state index contributed by atoms with van der Waals surface area (Å²) in [6.07, 6.45) is -0.115. The van der Waals surface area contributed by atoms with Gasteiger partial charge in [0, 0.05) is 5.41 Å². The first-order valence-corrected chi connectivity index (χ1v) is 4.92. The van der Waals surface area contributed by atoms with Crippen LogP contribution in [0.1, 0.15) is 41.0 Å². The lowest BCUT2D eigenvalue weighted by molar-refractivity contribution is -0.148. The molecule has 0 radical (unpaired) electrons. The Morgan fingerprint density at radius 1 is 1.21 bits per heavy atom. The van der Waals surface area contributed by atoms with Gasteiger partial charge in [-0.05, 0) is 5.92 Å². The van der Waals surface area contributed by atoms with Crippen LogP contribution in [0.5, 0.6) is 0 Å². The zero-order valence-corrected chi connectivity index (χ0v) is 9.72. The van der Waals surface area contributed by atoms with Crippen LogP contribution in [0.2, 0.25) is 0 Å². The summed E-state index contributed by atoms with van der Waals surface area (Å²) in [6, 6.07) is 0. The van der Waals surface area contributed by atoms with E-state index in [0.29, 0.717) is 12.5 Å². The Balaban J connectivity index is 3.90. The van der Waals surface area contributed by atoms with Crippen molar-refractivity contribution < 1.29 is 14.3 Å². The molecule has 0 heterocycles. The monoisotopic (exact) mass is 200 g/mol. The van der Waals surface area contributed by atoms with Crippen LogP contribution in [0, 0.1) is 11.3 Å². The van der Waals surface area contributed by atoms with Gasteiger partial charge in [-0.25, -0.2) is 0 Å². The zero-order chi connectivity index (χ0) is 11.4. The Morgan fingerprint density at radius 3 is 2.07 bits per heavy atom. The predicted molar refractivity (Wildman–Crippen MR) is 54.9 cm³/mol. The molecule has 0 N–H and O–H groups in total. The topological polar surface area (TPSA) is 43.4 Å². The highest BCUT2D eigenvalue weighted by atomic mass is 16.5. The summed E-state index contributed by atoms with van der Waals surface area (Å²) < 4.78 is 4.91. The first kappa shape index (κ1) is 13.1. The summed E-state index contributed by atoms with van der Waals surface area (Å²) in [5.41, 5.74) is -0.461. The van der Waals surface area contributed by atoms with Crippen molar-refractivity contribution >= 4 is 11.8 Å². The van der Waals surface area contributed by atoms with Crippen molar-refractivity contribution in [2.75, 3.05) is 6.61 Å². The standard InChI is InChI=1S/C11H20O3/c1-8(2)7-14-10(13)6-9(12)11(3,4)5/h8H,6-7H2,1-5H3. The second-order valence-electron chi connectivity index (χ2n) is 4.93. The van der Waals surface area contributed by atoms with Crippen LogP contribution < -0.4 is 0 Å². The Labute approximate surface area is 85.8 Å². The minimum atomic E-state index is -0.461. The molecule has 0 rings (SSSR count). The van der Waals surface area contributed by atoms with Crippen molar-refractivity contribution in [1.82, 2.24) is 0 Å². The second kappa shape index (κ2) is 5.13. The van der Waals surface area contributed by atoms with Crippen LogP contribution in [-0.4, -0.2) is 18.4 Å². The molecule has 0 saturated carbocycles. The molecule has 14 heavy (non-hydrogen) atoms. The van der Waals surface area contributed by atoms with E-state index in [0.717, 1.165) is 0 Å². The number of carbonyl (C=O) groups is 2. The molecule has 82 valence electrons. The molecule has 0 aliphatic rings. The van der Waals surface area contributed by atoms with Crippen molar-refractivity contribution in [3.05, 3.63) is 0 Å². The number of Topliss-reactive ketones (excluding diaryl/α,β-unsaturated/α-hetero) is 1. The van der Waals surface area contributed by atoms with Crippen molar-refractivity contribution in [2.24, 2.45) is 11.3 Å². The van der Waals surface area contributed by atoms with Gasteiger partial charge in [-0.15, -0.1) is 0 Å². The van der Waals surface area contributed by atoms with Crippen LogP contribution >= 0.6 is 0 Å². The van der Waals surface area contributed by atoms with Gasteiger partial charge in [-0.3, -0.25) is 9.59 Å². The molecule has 0 aromatic rings. The Hall–Kier alpha value is -0.860. The number of carbonyl (C=O) groups excluding carboxylic acids is 2. The third kappa shape index (κ3) is 5.73. The van der Waals surface area contributed by atoms with Gasteiger partial charge in [0.05, 0.1) is 6.61 Å². The molecule has 3 nitrogen and oxygen atoms in total. The summed E-state index contributed by atoms with van der Waals surface area (Å²) in [5, 5.41) is 0. The third-order valence-electron chi connectivity index (χ3n) is 1.72. The zero-order valence-electron chi connectivity index (χ0n) is 9.72. The minimum absolute atomic E-state index is 0.0775. The lowest BCUT2D eigenvalue weighted by Crippen LogP contribution is -2.24. The van der Waals surface area contributed by atoms with Gasteiger partial charge < -0.3 is 4.74 Å². The maximum absolute atomic E-state index is 11.4. The number of rotatable bonds is 4. The normalized spacial score (nSPS) is 11.6. The van der Waals surface area contributed by atoms with Crippen molar-refractivity contribution in [2.45, 2.75) is 41.0 Å². The predicted octanol–water partition coefficient (Wildman–Crippen LogP) is 2.19. The highest BCUT2D eigenvalue weighted by Gasteiger charge is 2.24. The molecule has 0 amide bonds. The van der Waals surface area contributed by atoms with Gasteiger partial charge in [0.2, 0.25) is 0 Å². The molecule has 0 saturated heterocycles. The summed E-state index contributed by atoms with van der Waals surface area (Å²) >= 11 is 0. The molecule has 0 unspecified atom stereocenters. The minimum Gasteiger partial charge on any atom is -0.465 e. The quantitative estimate of drug-likeness (QED) is 0.516. The van der Waals surface area contributed by atoms with Crippen LogP contribution in [0.3, 0.4) is 0 Å². The van der Waals surface area contributed by atoms with E-state index in [1.54, 1.807) is 20.8 Å². The first-order valence-electron chi connectivity index (χ1n) is 4.92. The summed E-state index contributed by atoms with van der Waals surface area (Å²) in [4.78, 5) is 22.6. The highest BCUT2D eigenvalue weighted by Crippen LogP contribution is 2.16. The smallest absolute Gasteiger partial charge is 0.313 e. The number of hydrogen-bond acceptors (Lipinski definition) is 3. The van der Waals surface area contributed by atoms with E-state index in [-0.39, 0.29) is 12.2 Å². The van der Waals surface area contributed by atoms with Crippen molar-refractivity contribution in [3.63, 3.8) is 0 Å². The summed E-state index contributed by atoms with van der Waals surface area (Å²) in [7, 11) is 0. The average molecular weight is 200 g/mol. The van der Waals surface area contributed by atoms with Gasteiger partial charge in [0.25, 0.3) is 0 Å². The van der Waals surface area contributed by atoms with E-state index in [1.807, 2.05) is 13.8 Å². The lowest BCUT2D eigenvalue weighted by atomic mass is 9.89. The lowest BCUT2D eigenvalue weighted by Gasteiger charge is -2.16. The highest BCUT2D eigenvalue weighted by molar-refractivity contribution is 5.98. The molecule has 3 heteroatoms. The average Bonchev–Trinajstić information content (AvgIpc) is 1.99. The van der Waals surface area contributed by atoms with E-state index in [4.69, 9.17) is 4.74 Å². The summed E-state index contributed by atoms with van der Waals surface area (Å²) in [5.74, 6) is -0.187. The summed E-state index contributed by atoms with van der Waals surface area (Å²) in [6.45, 7) is 9.69. The number of esters is 1. The molecule has 0 aliphatic carbocycles. The molecule has 0 spiro atoms. The molecule has 0 fully saturated rings. The Bertz CT molecular complexity index is 211. The third-order valence-corrected chi connectivity index (χ3v) is 1.72. The molecular weight excluding hydrogens is 180 g/mol. The van der Waals surface area contributed by atoms with E-state index >= 15 is 0 Å². The van der Waals surface area contributed by atoms with E-state index in [9.17, 15) is 9.59 Å². The van der Waals surface area contributed by atoms with Crippen LogP contribution in [0.25, 0.3) is 0 Å². The van der Waals surface area contributed by atoms with Crippen LogP contribution in [0.4, 0.5) is 0 Å². The van der Waals surface area contributed by atoms with E-state index in [1.165, 1.54) is 0 Å². The second-order valence-corrected chi connectivity index (χ2v) is 4.93. The maximum Gasteiger partial charge on any atom is 0.313 e. The molecule has 0 aromatic carbocycles. The Kier molecular flexibility index (Phi) is 4.81. The van der Waals surface area contributed by atoms with Gasteiger partial charge in [0.1, 0.15) is 12.2 Å². The number of ether oxygens (including phenoxy) is 1. The molecule has 0 aliphatic heterocycles. The van der Waals surface area contributed by atoms with Gasteiger partial charge in [-0.2, -0.15) is 0 Å². The molecule has 0 bridgehead atoms. The van der Waals surface area contributed by atoms with Gasteiger partial charge in [-0.1, -0.05) is 34.6 Å². The molecule has 0 atom stereocenters. The first-order chi connectivity index (χ1) is 6.23. The van der Waals surface area contributed by atoms with Gasteiger partial charge >= 0.3 is 5.97 Å². The number of hydrogen-bond donors (Lipinski definition) is 0. The molecule has 0 aromatic heterocycles. The number of ketones is 1. The van der Waals surface area contributed by atoms with Gasteiger partial charge in [0.15, 0.2) is 0 Å². The molecular formula is C11H20O3. The largest absolute Gasteiger partial charge is 0.465 e. The maximum atomic E-state index is 11.4. The van der Waals surface area contributed by atoms with E-state index in [2.05, 4.69) is 0 Å². The van der Waals surface area contributed by atoms with Crippen LogP contribution in [0.15, 0.2) is 0 Å². The fourth-order valence-corrected chi connectivity index (χ4v) is 0.707. The Morgan fingerprint density at radius 2 is 1.71 bits per heavy atom. The fourth-order valence-electron chi connectivity index (χ4n) is 0.707. The fraction of sp³-hybridized carbons (Fsp3) is 0.818. The SMILES string of the molecule is CC(C)COC(=O)CC(=O)C(C)(C)C.